The topological polar surface area (TPSA) is 41.1 Å². The summed E-state index contributed by atoms with van der Waals surface area (Å²) in [6.07, 6.45) is 6.39. The standard InChI is InChI=1S/C12H18N4S/c1-2-10(1)14-8-11-7-13-9-12(15-11)16-3-5-17-6-4-16/h7,9-10,14H,1-6,8H2. The smallest absolute Gasteiger partial charge is 0.147 e. The Bertz CT molecular complexity index is 375. The minimum absolute atomic E-state index is 0.729. The molecule has 0 amide bonds. The number of aromatic nitrogens is 2. The molecule has 0 bridgehead atoms. The van der Waals surface area contributed by atoms with Gasteiger partial charge in [-0.3, -0.25) is 4.98 Å². The van der Waals surface area contributed by atoms with E-state index in [1.165, 1.54) is 24.3 Å². The average molecular weight is 250 g/mol. The molecule has 1 aromatic rings. The molecule has 1 aliphatic carbocycles. The average Bonchev–Trinajstić information content (AvgIpc) is 3.22. The third kappa shape index (κ3) is 3.10. The van der Waals surface area contributed by atoms with E-state index in [1.807, 2.05) is 24.2 Å². The van der Waals surface area contributed by atoms with Crippen molar-refractivity contribution in [2.75, 3.05) is 29.5 Å². The van der Waals surface area contributed by atoms with Crippen LogP contribution >= 0.6 is 11.8 Å². The molecule has 0 radical (unpaired) electrons. The van der Waals surface area contributed by atoms with E-state index in [9.17, 15) is 0 Å². The number of hydrogen-bond acceptors (Lipinski definition) is 5. The lowest BCUT2D eigenvalue weighted by molar-refractivity contribution is 0.669. The maximum Gasteiger partial charge on any atom is 0.147 e. The minimum atomic E-state index is 0.729. The maximum atomic E-state index is 4.69. The van der Waals surface area contributed by atoms with Crippen molar-refractivity contribution in [3.8, 4) is 0 Å². The summed E-state index contributed by atoms with van der Waals surface area (Å²) in [6.45, 7) is 3.05. The van der Waals surface area contributed by atoms with Crippen molar-refractivity contribution in [3.63, 3.8) is 0 Å². The second kappa shape index (κ2) is 5.23. The highest BCUT2D eigenvalue weighted by Gasteiger charge is 2.20. The molecule has 1 saturated carbocycles. The zero-order valence-electron chi connectivity index (χ0n) is 9.93. The Morgan fingerprint density at radius 2 is 2.12 bits per heavy atom. The first-order valence-corrected chi connectivity index (χ1v) is 7.44. The van der Waals surface area contributed by atoms with Crippen molar-refractivity contribution in [2.45, 2.75) is 25.4 Å². The summed E-state index contributed by atoms with van der Waals surface area (Å²) < 4.78 is 0. The monoisotopic (exact) mass is 250 g/mol. The van der Waals surface area contributed by atoms with E-state index in [0.717, 1.165) is 37.2 Å². The molecule has 0 atom stereocenters. The van der Waals surface area contributed by atoms with Crippen LogP contribution in [0.5, 0.6) is 0 Å². The summed E-state index contributed by atoms with van der Waals surface area (Å²) in [5, 5.41) is 3.48. The lowest BCUT2D eigenvalue weighted by Crippen LogP contribution is -2.33. The molecule has 2 heterocycles. The third-order valence-corrected chi connectivity index (χ3v) is 4.10. The molecule has 0 spiro atoms. The Morgan fingerprint density at radius 1 is 1.29 bits per heavy atom. The van der Waals surface area contributed by atoms with E-state index >= 15 is 0 Å². The van der Waals surface area contributed by atoms with Gasteiger partial charge < -0.3 is 10.2 Å². The number of hydrogen-bond donors (Lipinski definition) is 1. The molecule has 5 heteroatoms. The Hall–Kier alpha value is -0.810. The number of anilines is 1. The van der Waals surface area contributed by atoms with E-state index in [2.05, 4.69) is 20.2 Å². The van der Waals surface area contributed by atoms with Crippen LogP contribution in [0.4, 0.5) is 5.82 Å². The van der Waals surface area contributed by atoms with Gasteiger partial charge in [-0.15, -0.1) is 0 Å². The second-order valence-corrected chi connectivity index (χ2v) is 5.85. The minimum Gasteiger partial charge on any atom is -0.354 e. The molecule has 1 N–H and O–H groups in total. The van der Waals surface area contributed by atoms with Crippen molar-refractivity contribution in [3.05, 3.63) is 18.1 Å². The largest absolute Gasteiger partial charge is 0.354 e. The van der Waals surface area contributed by atoms with E-state index in [0.29, 0.717) is 0 Å². The van der Waals surface area contributed by atoms with E-state index in [-0.39, 0.29) is 0 Å². The van der Waals surface area contributed by atoms with Crippen molar-refractivity contribution in [2.24, 2.45) is 0 Å². The molecule has 0 aromatic carbocycles. The molecular formula is C12H18N4S. The highest BCUT2D eigenvalue weighted by atomic mass is 32.2. The first kappa shape index (κ1) is 11.3. The molecule has 17 heavy (non-hydrogen) atoms. The van der Waals surface area contributed by atoms with Crippen molar-refractivity contribution in [1.29, 1.82) is 0 Å². The zero-order chi connectivity index (χ0) is 11.5. The number of thioether (sulfide) groups is 1. The van der Waals surface area contributed by atoms with Crippen LogP contribution in [0.2, 0.25) is 0 Å². The fourth-order valence-corrected chi connectivity index (χ4v) is 2.86. The van der Waals surface area contributed by atoms with Crippen molar-refractivity contribution < 1.29 is 0 Å². The lowest BCUT2D eigenvalue weighted by Gasteiger charge is -2.27. The van der Waals surface area contributed by atoms with Gasteiger partial charge in [0.2, 0.25) is 0 Å². The molecule has 2 fully saturated rings. The normalized spacial score (nSPS) is 20.6. The highest BCUT2D eigenvalue weighted by Crippen LogP contribution is 2.20. The van der Waals surface area contributed by atoms with Gasteiger partial charge in [-0.05, 0) is 12.8 Å². The molecule has 3 rings (SSSR count). The second-order valence-electron chi connectivity index (χ2n) is 4.62. The van der Waals surface area contributed by atoms with Gasteiger partial charge in [0.15, 0.2) is 0 Å². The van der Waals surface area contributed by atoms with Gasteiger partial charge in [0.25, 0.3) is 0 Å². The van der Waals surface area contributed by atoms with Crippen LogP contribution in [0.1, 0.15) is 18.5 Å². The quantitative estimate of drug-likeness (QED) is 0.872. The summed E-state index contributed by atoms with van der Waals surface area (Å²) in [7, 11) is 0. The summed E-state index contributed by atoms with van der Waals surface area (Å²) in [4.78, 5) is 11.3. The molecular weight excluding hydrogens is 232 g/mol. The molecule has 0 unspecified atom stereocenters. The molecule has 1 aromatic heterocycles. The third-order valence-electron chi connectivity index (χ3n) is 3.16. The Kier molecular flexibility index (Phi) is 3.47. The Labute approximate surface area is 106 Å². The number of rotatable bonds is 4. The van der Waals surface area contributed by atoms with Gasteiger partial charge >= 0.3 is 0 Å². The molecule has 4 nitrogen and oxygen atoms in total. The van der Waals surface area contributed by atoms with Gasteiger partial charge in [0, 0.05) is 43.4 Å². The zero-order valence-corrected chi connectivity index (χ0v) is 10.7. The van der Waals surface area contributed by atoms with Gasteiger partial charge in [0.1, 0.15) is 5.82 Å². The fourth-order valence-electron chi connectivity index (χ4n) is 1.96. The predicted molar refractivity (Wildman–Crippen MR) is 71.4 cm³/mol. The highest BCUT2D eigenvalue weighted by molar-refractivity contribution is 7.99. The molecule has 1 aliphatic heterocycles. The van der Waals surface area contributed by atoms with Crippen LogP contribution in [-0.2, 0) is 6.54 Å². The van der Waals surface area contributed by atoms with Crippen molar-refractivity contribution >= 4 is 17.6 Å². The summed E-state index contributed by atoms with van der Waals surface area (Å²) >= 11 is 2.02. The Balaban J connectivity index is 1.64. The van der Waals surface area contributed by atoms with Gasteiger partial charge in [-0.1, -0.05) is 0 Å². The van der Waals surface area contributed by atoms with Crippen LogP contribution in [0.15, 0.2) is 12.4 Å². The van der Waals surface area contributed by atoms with Crippen LogP contribution < -0.4 is 10.2 Å². The SMILES string of the molecule is c1ncc(N2CCSCC2)nc1CNC1CC1. The maximum absolute atomic E-state index is 4.69. The van der Waals surface area contributed by atoms with Crippen LogP contribution in [0.3, 0.4) is 0 Å². The Morgan fingerprint density at radius 3 is 2.88 bits per heavy atom. The molecule has 1 saturated heterocycles. The number of nitrogens with one attached hydrogen (secondary N) is 1. The summed E-state index contributed by atoms with van der Waals surface area (Å²) in [6, 6.07) is 0.729. The van der Waals surface area contributed by atoms with E-state index < -0.39 is 0 Å². The fraction of sp³-hybridized carbons (Fsp3) is 0.667. The van der Waals surface area contributed by atoms with E-state index in [1.54, 1.807) is 0 Å². The summed E-state index contributed by atoms with van der Waals surface area (Å²) in [5.74, 6) is 3.44. The summed E-state index contributed by atoms with van der Waals surface area (Å²) in [5.41, 5.74) is 1.06. The van der Waals surface area contributed by atoms with Crippen molar-refractivity contribution in [1.82, 2.24) is 15.3 Å². The van der Waals surface area contributed by atoms with Gasteiger partial charge in [-0.2, -0.15) is 11.8 Å². The first-order chi connectivity index (χ1) is 8.42. The molecule has 92 valence electrons. The van der Waals surface area contributed by atoms with Crippen LogP contribution in [0, 0.1) is 0 Å². The lowest BCUT2D eigenvalue weighted by atomic mass is 10.4. The van der Waals surface area contributed by atoms with Crippen LogP contribution in [-0.4, -0.2) is 40.6 Å². The molecule has 2 aliphatic rings. The van der Waals surface area contributed by atoms with E-state index in [4.69, 9.17) is 0 Å². The van der Waals surface area contributed by atoms with Gasteiger partial charge in [-0.25, -0.2) is 4.98 Å². The first-order valence-electron chi connectivity index (χ1n) is 6.29. The predicted octanol–water partition coefficient (Wildman–Crippen LogP) is 1.28. The van der Waals surface area contributed by atoms with Gasteiger partial charge in [0.05, 0.1) is 11.9 Å². The number of nitrogens with zero attached hydrogens (tertiary/aromatic N) is 3. The van der Waals surface area contributed by atoms with Crippen LogP contribution in [0.25, 0.3) is 0 Å².